The Balaban J connectivity index is 0.000000196. The molecule has 138 heavy (non-hydrogen) atoms. The van der Waals surface area contributed by atoms with Crippen LogP contribution < -0.4 is 28.4 Å². The van der Waals surface area contributed by atoms with Crippen LogP contribution in [0.1, 0.15) is 260 Å². The van der Waals surface area contributed by atoms with E-state index in [9.17, 15) is 58.9 Å². The first-order chi connectivity index (χ1) is 64.7. The molecule has 3 radical (unpaired) electrons. The number of carbonyl (C=O) groups is 6. The average molecular weight is 2000 g/mol. The number of fused-ring (bicyclic) bond motifs is 19. The number of amides is 3. The van der Waals surface area contributed by atoms with Crippen molar-refractivity contribution in [1.29, 1.82) is 15.8 Å². The van der Waals surface area contributed by atoms with Crippen LogP contribution in [0.3, 0.4) is 0 Å². The zero-order valence-corrected chi connectivity index (χ0v) is 86.2. The van der Waals surface area contributed by atoms with Crippen molar-refractivity contribution in [3.05, 3.63) is 71.7 Å². The maximum atomic E-state index is 14.3. The first-order valence-electron chi connectivity index (χ1n) is 49.0. The Hall–Kier alpha value is -9.47. The Morgan fingerprint density at radius 1 is 0.406 bits per heavy atom. The molecule has 0 spiro atoms. The monoisotopic (exact) mass is 2000 g/mol. The molecular formula is C105H133N12O18V3-3. The summed E-state index contributed by atoms with van der Waals surface area (Å²) in [5.74, 6) is -1.35. The van der Waals surface area contributed by atoms with Gasteiger partial charge in [0.15, 0.2) is 0 Å². The van der Waals surface area contributed by atoms with Gasteiger partial charge in [0.2, 0.25) is 35.4 Å². The van der Waals surface area contributed by atoms with E-state index in [1.54, 1.807) is 39.5 Å². The summed E-state index contributed by atoms with van der Waals surface area (Å²) in [6.45, 7) is 19.5. The van der Waals surface area contributed by atoms with E-state index in [-0.39, 0.29) is 162 Å². The van der Waals surface area contributed by atoms with Crippen molar-refractivity contribution in [2.75, 3.05) is 41.0 Å². The number of hydrogen-bond donors (Lipinski definition) is 0. The molecule has 10 aliphatic rings. The second-order valence-corrected chi connectivity index (χ2v) is 42.4. The molecule has 3 aromatic heterocycles. The second kappa shape index (κ2) is 47.9. The van der Waals surface area contributed by atoms with Gasteiger partial charge in [-0.3, -0.25) is 28.8 Å². The Bertz CT molecular complexity index is 5460. The summed E-state index contributed by atoms with van der Waals surface area (Å²) in [6.07, 6.45) is 26.1. The van der Waals surface area contributed by atoms with Crippen LogP contribution in [0.5, 0.6) is 34.9 Å². The van der Waals surface area contributed by atoms with E-state index in [1.807, 2.05) is 124 Å². The number of rotatable bonds is 9. The van der Waals surface area contributed by atoms with Crippen LogP contribution in [-0.2, 0) is 132 Å². The maximum absolute atomic E-state index is 14.3. The summed E-state index contributed by atoms with van der Waals surface area (Å²) in [4.78, 5) is 154. The molecule has 0 N–H and O–H groups in total. The van der Waals surface area contributed by atoms with Crippen LogP contribution in [-0.4, -0.2) is 194 Å². The smallest absolute Gasteiger partial charge is 0.307 e. The van der Waals surface area contributed by atoms with E-state index in [4.69, 9.17) is 72.5 Å². The zero-order chi connectivity index (χ0) is 96.4. The Morgan fingerprint density at radius 2 is 0.768 bits per heavy atom. The summed E-state index contributed by atoms with van der Waals surface area (Å²) in [5.41, 5.74) is 3.76. The maximum Gasteiger partial charge on any atom is 0.307 e. The van der Waals surface area contributed by atoms with Crippen molar-refractivity contribution in [2.45, 2.75) is 316 Å². The molecule has 739 valence electrons. The Labute approximate surface area is 846 Å². The van der Waals surface area contributed by atoms with Crippen molar-refractivity contribution in [3.63, 3.8) is 0 Å². The van der Waals surface area contributed by atoms with Gasteiger partial charge in [0.25, 0.3) is 0 Å². The molecule has 6 aliphatic heterocycles. The molecule has 3 amide bonds. The van der Waals surface area contributed by atoms with E-state index >= 15 is 0 Å². The molecule has 3 aromatic carbocycles. The van der Waals surface area contributed by atoms with E-state index in [2.05, 4.69) is 18.2 Å². The molecule has 33 heteroatoms. The minimum Gasteiger partial charge on any atom is -0.540 e. The number of aromatic nitrogens is 6. The van der Waals surface area contributed by atoms with Crippen LogP contribution in [0.2, 0.25) is 0 Å². The summed E-state index contributed by atoms with van der Waals surface area (Å²) >= 11 is 0. The number of benzene rings is 3. The second-order valence-electron chi connectivity index (χ2n) is 42.4. The molecule has 16 rings (SSSR count). The van der Waals surface area contributed by atoms with Gasteiger partial charge in [-0.1, -0.05) is 119 Å². The number of carbonyl (C=O) groups excluding carboxylic acids is 9. The van der Waals surface area contributed by atoms with Crippen LogP contribution in [0.25, 0.3) is 33.1 Å². The topological polar surface area (TPSA) is 395 Å². The number of methoxy groups -OCH3 is 3. The van der Waals surface area contributed by atoms with Crippen LogP contribution >= 0.6 is 0 Å². The average Bonchev–Trinajstić information content (AvgIpc) is 1.64. The minimum atomic E-state index is -1.00. The Morgan fingerprint density at radius 3 is 1.15 bits per heavy atom. The first-order valence-corrected chi connectivity index (χ1v) is 49.0. The third-order valence-corrected chi connectivity index (χ3v) is 30.6. The van der Waals surface area contributed by atoms with Crippen LogP contribution in [0.15, 0.2) is 54.6 Å². The third-order valence-electron chi connectivity index (χ3n) is 30.6. The van der Waals surface area contributed by atoms with Gasteiger partial charge in [0, 0.05) is 111 Å². The summed E-state index contributed by atoms with van der Waals surface area (Å²) in [6, 6.07) is 20.1. The summed E-state index contributed by atoms with van der Waals surface area (Å²) in [5, 5.41) is 29.2. The number of nitriles is 3. The number of nitrogens with zero attached hydrogens (tertiary/aromatic N) is 12. The summed E-state index contributed by atoms with van der Waals surface area (Å²) in [7, 11) is 4.77. The standard InChI is InChI=1S/C36H45N4O6.C35H45N4O6.C34H43N4O6.3V/c1-36(2,3)26-18-32(42)46-33-22-11-10-21(16-22)24(33)8-6-5-7-9-28-34(39-29-17-23(44-4)12-13-27(29)38-28)45-31-19-40(35(26)43)30(20-41)25(31)14-15-37;1-34(2,3)25-19-31(41)45-35(4)16-9-11-22(35)10-7-6-8-12-27-32(38-28-18-23(43-5)13-14-26(28)37-27)44-30-20-39(33(25)42)29(21-40)24(30)15-17-36;1-34(2,3)24-18-31(40)43-29-12-8-10-21(29)9-6-5-7-11-26-32(37-27-17-22(42-4)13-14-25(27)36-26)44-30-19-38(33(24)41)28(20-39)23(30)15-16-35;;;/h12-13,17,21-22,24-26,30-31,33H,5-11,14,16,18-19H2,1-4H3;13-14,18,22,24-25,29-30H,6-12,15-16,19-20H2,1-5H3;13-14,17,21,23-24,28-30H,5-12,15,18-19H2,1-4H3;;;/q3*-1;;;/t21-,22+,24-,25+,26-,30-,31+,33-;22-,24+,25-,29-,30+,35-;21-,23+,24-,28-,29-,30+;;;/m111.../s1. The van der Waals surface area contributed by atoms with Gasteiger partial charge in [-0.2, -0.15) is 15.8 Å². The molecule has 9 heterocycles. The third kappa shape index (κ3) is 25.2. The minimum absolute atomic E-state index is 0. The molecule has 20 atom stereocenters. The van der Waals surface area contributed by atoms with Crippen LogP contribution in [0.4, 0.5) is 0 Å². The molecular weight excluding hydrogens is 1870 g/mol. The molecule has 30 nitrogen and oxygen atoms in total. The molecule has 0 unspecified atom stereocenters. The Kier molecular flexibility index (Phi) is 37.8. The predicted octanol–water partition coefficient (Wildman–Crippen LogP) is 16.0. The van der Waals surface area contributed by atoms with Crippen molar-refractivity contribution >= 4 is 87.6 Å². The largest absolute Gasteiger partial charge is 0.540 e. The molecule has 6 aromatic rings. The quantitative estimate of drug-likeness (QED) is 0.0737. The van der Waals surface area contributed by atoms with Gasteiger partial charge in [-0.15, -0.1) is 0 Å². The molecule has 4 aliphatic carbocycles. The number of hydrogen-bond acceptors (Lipinski definition) is 27. The van der Waals surface area contributed by atoms with Crippen LogP contribution in [0, 0.1) is 115 Å². The van der Waals surface area contributed by atoms with Gasteiger partial charge in [0.05, 0.1) is 129 Å². The van der Waals surface area contributed by atoms with Gasteiger partial charge in [0.1, 0.15) is 70.5 Å². The van der Waals surface area contributed by atoms with Crippen molar-refractivity contribution in [2.24, 2.45) is 81.3 Å². The van der Waals surface area contributed by atoms with E-state index < -0.39 is 99.8 Å². The number of ether oxygens (including phenoxy) is 9. The van der Waals surface area contributed by atoms with Gasteiger partial charge < -0.3 is 71.7 Å². The SMILES string of the molecule is COc1ccc2nc3c(nc2c1)O[C@H]1CN(C(=O)[C@H](C(C)(C)C)CC(=O)O[C@@H]2CCC[C@H]2CCCCC3)[C@H]([C-]=O)[C@@H]1CC#N.COc1ccc2nc3c(nc2c1)O[C@H]1CN(C(=O)[C@H](C(C)(C)C)CC(=O)O[C@@H]2[C@H]4CC[C@H](C4)[C@H]2CCCCC3)[C@H]([C-]=O)[C@@H]1CC#N.COc1ccc2nc3c(nc2c1)O[C@H]1CN(C(=O)[C@H](C(C)(C)C)CC(=O)O[C@]2(C)CCC[C@H]2CCCCC3)[C@H]([C-]=O)[C@@H]1CC#N.[V].[V].[V]. The number of aryl methyl sites for hydroxylation is 3. The van der Waals surface area contributed by atoms with E-state index in [1.165, 1.54) is 21.1 Å². The predicted molar refractivity (Wildman–Crippen MR) is 499 cm³/mol. The first kappa shape index (κ1) is 109. The fourth-order valence-corrected chi connectivity index (χ4v) is 22.8. The summed E-state index contributed by atoms with van der Waals surface area (Å²) < 4.78 is 54.3. The molecule has 7 fully saturated rings. The van der Waals surface area contributed by atoms with Crippen molar-refractivity contribution in [3.8, 4) is 53.1 Å². The fraction of sp³-hybridized carbons (Fsp3) is 0.657. The van der Waals surface area contributed by atoms with E-state index in [0.717, 1.165) is 139 Å². The number of esters is 3. The normalized spacial score (nSPS) is 29.5. The van der Waals surface area contributed by atoms with Crippen molar-refractivity contribution in [1.82, 2.24) is 44.6 Å². The van der Waals surface area contributed by atoms with Gasteiger partial charge in [-0.25, -0.2) is 48.8 Å². The van der Waals surface area contributed by atoms with Gasteiger partial charge >= 0.3 is 17.9 Å². The molecule has 3 saturated heterocycles. The zero-order valence-electron chi connectivity index (χ0n) is 82.1. The van der Waals surface area contributed by atoms with Crippen molar-refractivity contribution < 1.29 is 141 Å². The molecule has 4 saturated carbocycles. The molecule has 8 bridgehead atoms. The fourth-order valence-electron chi connectivity index (χ4n) is 22.8. The van der Waals surface area contributed by atoms with E-state index in [0.29, 0.717) is 117 Å². The van der Waals surface area contributed by atoms with Gasteiger partial charge in [-0.05, 0) is 205 Å².